The van der Waals surface area contributed by atoms with Crippen molar-refractivity contribution >= 4 is 23.3 Å². The second-order valence-corrected chi connectivity index (χ2v) is 4.35. The van der Waals surface area contributed by atoms with Crippen LogP contribution in [0, 0.1) is 10.1 Å². The molecule has 2 rings (SSSR count). The molecule has 112 valence electrons. The molecule has 8 heteroatoms. The Kier molecular flexibility index (Phi) is 4.03. The smallest absolute Gasteiger partial charge is 0.336 e. The maximum absolute atomic E-state index is 11.4. The van der Waals surface area contributed by atoms with Gasteiger partial charge < -0.3 is 16.6 Å². The molecule has 0 unspecified atom stereocenters. The molecule has 0 saturated carbocycles. The fraction of sp³-hybridized carbons (Fsp3) is 0. The molecule has 0 aromatic heterocycles. The molecule has 2 aromatic carbocycles. The number of guanidine groups is 1. The third-order valence-electron chi connectivity index (χ3n) is 2.88. The Morgan fingerprint density at radius 2 is 1.82 bits per heavy atom. The van der Waals surface area contributed by atoms with Gasteiger partial charge in [-0.2, -0.15) is 0 Å². The van der Waals surface area contributed by atoms with Gasteiger partial charge >= 0.3 is 5.97 Å². The number of benzene rings is 2. The highest BCUT2D eigenvalue weighted by Gasteiger charge is 2.20. The van der Waals surface area contributed by atoms with E-state index in [4.69, 9.17) is 11.5 Å². The lowest BCUT2D eigenvalue weighted by molar-refractivity contribution is -0.384. The van der Waals surface area contributed by atoms with Crippen LogP contribution in [0.5, 0.6) is 0 Å². The molecule has 0 amide bonds. The summed E-state index contributed by atoms with van der Waals surface area (Å²) in [5.74, 6) is -1.40. The molecule has 0 spiro atoms. The number of carbonyl (C=O) groups is 1. The molecular formula is C14H12N4O4. The number of carboxylic acids is 1. The van der Waals surface area contributed by atoms with Crippen molar-refractivity contribution in [3.63, 3.8) is 0 Å². The van der Waals surface area contributed by atoms with E-state index in [0.29, 0.717) is 5.69 Å². The second-order valence-electron chi connectivity index (χ2n) is 4.35. The van der Waals surface area contributed by atoms with E-state index < -0.39 is 10.9 Å². The van der Waals surface area contributed by atoms with Crippen LogP contribution in [0.1, 0.15) is 10.4 Å². The molecule has 2 aromatic rings. The Labute approximate surface area is 124 Å². The minimum Gasteiger partial charge on any atom is -0.478 e. The summed E-state index contributed by atoms with van der Waals surface area (Å²) in [6.07, 6.45) is 0. The SMILES string of the molecule is NC(N)=Nc1ccc(C(=O)O)c(-c2ccccc2[N+](=O)[O-])c1. The lowest BCUT2D eigenvalue weighted by Gasteiger charge is -2.08. The molecule has 0 saturated heterocycles. The highest BCUT2D eigenvalue weighted by atomic mass is 16.6. The van der Waals surface area contributed by atoms with E-state index in [-0.39, 0.29) is 28.3 Å². The van der Waals surface area contributed by atoms with Gasteiger partial charge in [-0.1, -0.05) is 12.1 Å². The van der Waals surface area contributed by atoms with Crippen molar-refractivity contribution in [2.75, 3.05) is 0 Å². The Hall–Kier alpha value is -3.42. The van der Waals surface area contributed by atoms with Crippen LogP contribution in [0.25, 0.3) is 11.1 Å². The van der Waals surface area contributed by atoms with Crippen LogP contribution in [-0.4, -0.2) is 22.0 Å². The molecule has 0 heterocycles. The van der Waals surface area contributed by atoms with Gasteiger partial charge in [-0.3, -0.25) is 10.1 Å². The van der Waals surface area contributed by atoms with Crippen molar-refractivity contribution in [3.05, 3.63) is 58.1 Å². The summed E-state index contributed by atoms with van der Waals surface area (Å²) < 4.78 is 0. The van der Waals surface area contributed by atoms with Gasteiger partial charge in [0.05, 0.1) is 21.7 Å². The van der Waals surface area contributed by atoms with Gasteiger partial charge in [0.25, 0.3) is 5.69 Å². The fourth-order valence-electron chi connectivity index (χ4n) is 2.02. The first-order chi connectivity index (χ1) is 10.4. The summed E-state index contributed by atoms with van der Waals surface area (Å²) >= 11 is 0. The summed E-state index contributed by atoms with van der Waals surface area (Å²) in [6.45, 7) is 0. The van der Waals surface area contributed by atoms with Crippen LogP contribution in [0.3, 0.4) is 0 Å². The van der Waals surface area contributed by atoms with Crippen molar-refractivity contribution in [1.29, 1.82) is 0 Å². The first-order valence-electron chi connectivity index (χ1n) is 6.11. The lowest BCUT2D eigenvalue weighted by Crippen LogP contribution is -2.21. The Morgan fingerprint density at radius 1 is 1.14 bits per heavy atom. The van der Waals surface area contributed by atoms with Crippen molar-refractivity contribution in [2.24, 2.45) is 16.5 Å². The maximum Gasteiger partial charge on any atom is 0.336 e. The van der Waals surface area contributed by atoms with Crippen LogP contribution in [-0.2, 0) is 0 Å². The molecule has 0 aliphatic heterocycles. The fourth-order valence-corrected chi connectivity index (χ4v) is 2.02. The Balaban J connectivity index is 2.74. The number of nitrogens with two attached hydrogens (primary N) is 2. The number of nitrogens with zero attached hydrogens (tertiary/aromatic N) is 2. The number of carboxylic acid groups (broad SMARTS) is 1. The van der Waals surface area contributed by atoms with E-state index in [1.54, 1.807) is 6.07 Å². The molecule has 0 aliphatic rings. The number of aliphatic imine (C=N–C) groups is 1. The molecule has 0 bridgehead atoms. The topological polar surface area (TPSA) is 145 Å². The first kappa shape index (κ1) is 15.0. The minimum absolute atomic E-state index is 0.0798. The standard InChI is InChI=1S/C14H12N4O4/c15-14(16)17-8-5-6-10(13(19)20)11(7-8)9-3-1-2-4-12(9)18(21)22/h1-7H,(H,19,20)(H4,15,16,17). The van der Waals surface area contributed by atoms with E-state index in [2.05, 4.69) is 4.99 Å². The molecular weight excluding hydrogens is 288 g/mol. The Bertz CT molecular complexity index is 782. The maximum atomic E-state index is 11.4. The highest BCUT2D eigenvalue weighted by molar-refractivity contribution is 5.98. The van der Waals surface area contributed by atoms with Crippen LogP contribution >= 0.6 is 0 Å². The summed E-state index contributed by atoms with van der Waals surface area (Å²) in [6, 6.07) is 9.97. The summed E-state index contributed by atoms with van der Waals surface area (Å²) in [7, 11) is 0. The van der Waals surface area contributed by atoms with Gasteiger partial charge in [0.2, 0.25) is 0 Å². The van der Waals surface area contributed by atoms with E-state index in [9.17, 15) is 20.0 Å². The monoisotopic (exact) mass is 300 g/mol. The van der Waals surface area contributed by atoms with Gasteiger partial charge in [0.1, 0.15) is 0 Å². The lowest BCUT2D eigenvalue weighted by atomic mass is 9.97. The zero-order valence-electron chi connectivity index (χ0n) is 11.3. The van der Waals surface area contributed by atoms with Crippen molar-refractivity contribution in [2.45, 2.75) is 0 Å². The number of hydrogen-bond acceptors (Lipinski definition) is 4. The second kappa shape index (κ2) is 5.92. The molecule has 0 atom stereocenters. The van der Waals surface area contributed by atoms with E-state index in [0.717, 1.165) is 0 Å². The molecule has 8 nitrogen and oxygen atoms in total. The molecule has 5 N–H and O–H groups in total. The molecule has 0 fully saturated rings. The zero-order valence-corrected chi connectivity index (χ0v) is 11.3. The molecule has 0 aliphatic carbocycles. The summed E-state index contributed by atoms with van der Waals surface area (Å²) in [4.78, 5) is 25.7. The summed E-state index contributed by atoms with van der Waals surface area (Å²) in [5.41, 5.74) is 11.0. The van der Waals surface area contributed by atoms with E-state index in [1.807, 2.05) is 0 Å². The van der Waals surface area contributed by atoms with Crippen molar-refractivity contribution < 1.29 is 14.8 Å². The molecule has 0 radical (unpaired) electrons. The van der Waals surface area contributed by atoms with Gasteiger partial charge in [-0.25, -0.2) is 9.79 Å². The van der Waals surface area contributed by atoms with Gasteiger partial charge in [-0.05, 0) is 24.3 Å². The predicted molar refractivity (Wildman–Crippen MR) is 81.0 cm³/mol. The van der Waals surface area contributed by atoms with Gasteiger partial charge in [-0.15, -0.1) is 0 Å². The van der Waals surface area contributed by atoms with Crippen LogP contribution < -0.4 is 11.5 Å². The average Bonchev–Trinajstić information content (AvgIpc) is 2.46. The van der Waals surface area contributed by atoms with Crippen LogP contribution in [0.4, 0.5) is 11.4 Å². The molecule has 22 heavy (non-hydrogen) atoms. The quantitative estimate of drug-likeness (QED) is 0.340. The number of aromatic carboxylic acids is 1. The number of nitro groups is 1. The number of rotatable bonds is 4. The van der Waals surface area contributed by atoms with Gasteiger partial charge in [0, 0.05) is 11.6 Å². The highest BCUT2D eigenvalue weighted by Crippen LogP contribution is 2.34. The normalized spacial score (nSPS) is 10.0. The van der Waals surface area contributed by atoms with Gasteiger partial charge in [0.15, 0.2) is 5.96 Å². The van der Waals surface area contributed by atoms with Crippen LogP contribution in [0.15, 0.2) is 47.5 Å². The number of nitro benzene ring substituents is 1. The Morgan fingerprint density at radius 3 is 2.41 bits per heavy atom. The van der Waals surface area contributed by atoms with Crippen LogP contribution in [0.2, 0.25) is 0 Å². The average molecular weight is 300 g/mol. The van der Waals surface area contributed by atoms with E-state index >= 15 is 0 Å². The number of hydrogen-bond donors (Lipinski definition) is 3. The zero-order chi connectivity index (χ0) is 16.3. The largest absolute Gasteiger partial charge is 0.478 e. The van der Waals surface area contributed by atoms with Crippen molar-refractivity contribution in [1.82, 2.24) is 0 Å². The summed E-state index contributed by atoms with van der Waals surface area (Å²) in [5, 5.41) is 20.4. The number of para-hydroxylation sites is 1. The van der Waals surface area contributed by atoms with Crippen molar-refractivity contribution in [3.8, 4) is 11.1 Å². The minimum atomic E-state index is -1.20. The first-order valence-corrected chi connectivity index (χ1v) is 6.11. The third-order valence-corrected chi connectivity index (χ3v) is 2.88. The third kappa shape index (κ3) is 3.01. The van der Waals surface area contributed by atoms with E-state index in [1.165, 1.54) is 36.4 Å². The predicted octanol–water partition coefficient (Wildman–Crippen LogP) is 1.86.